The second-order valence-corrected chi connectivity index (χ2v) is 8.68. The summed E-state index contributed by atoms with van der Waals surface area (Å²) in [7, 11) is -1.93. The van der Waals surface area contributed by atoms with Crippen molar-refractivity contribution in [3.8, 4) is 5.75 Å². The molecule has 0 N–H and O–H groups in total. The first kappa shape index (κ1) is 18.7. The molecule has 0 spiro atoms. The lowest BCUT2D eigenvalue weighted by atomic mass is 10.2. The van der Waals surface area contributed by atoms with Gasteiger partial charge in [-0.1, -0.05) is 24.3 Å². The molecular formula is C21H23N3O3S. The van der Waals surface area contributed by atoms with Crippen molar-refractivity contribution in [2.75, 3.05) is 38.2 Å². The number of methoxy groups -OCH3 is 1. The molecule has 0 atom stereocenters. The quantitative estimate of drug-likeness (QED) is 0.677. The van der Waals surface area contributed by atoms with E-state index in [0.717, 1.165) is 29.8 Å². The summed E-state index contributed by atoms with van der Waals surface area (Å²) < 4.78 is 33.8. The van der Waals surface area contributed by atoms with Crippen molar-refractivity contribution in [3.05, 3.63) is 60.9 Å². The molecule has 0 amide bonds. The Bertz CT molecular complexity index is 1080. The van der Waals surface area contributed by atoms with Crippen LogP contribution < -0.4 is 9.64 Å². The Kier molecular flexibility index (Phi) is 5.19. The SMILES string of the molecule is COc1ccccc1N1CCCN(S(=O)(=O)c2cccc3cnccc23)CC1. The van der Waals surface area contributed by atoms with E-state index in [4.69, 9.17) is 4.74 Å². The van der Waals surface area contributed by atoms with Crippen molar-refractivity contribution >= 4 is 26.5 Å². The van der Waals surface area contributed by atoms with Gasteiger partial charge in [0.25, 0.3) is 0 Å². The molecule has 28 heavy (non-hydrogen) atoms. The maximum absolute atomic E-state index is 13.4. The molecule has 7 heteroatoms. The van der Waals surface area contributed by atoms with E-state index in [2.05, 4.69) is 9.88 Å². The van der Waals surface area contributed by atoms with Crippen LogP contribution >= 0.6 is 0 Å². The van der Waals surface area contributed by atoms with Crippen molar-refractivity contribution in [1.82, 2.24) is 9.29 Å². The van der Waals surface area contributed by atoms with Crippen molar-refractivity contribution in [2.45, 2.75) is 11.3 Å². The number of hydrogen-bond acceptors (Lipinski definition) is 5. The fourth-order valence-corrected chi connectivity index (χ4v) is 5.41. The number of ether oxygens (including phenoxy) is 1. The number of para-hydroxylation sites is 2. The van der Waals surface area contributed by atoms with Crippen LogP contribution in [0, 0.1) is 0 Å². The molecule has 1 fully saturated rings. The highest BCUT2D eigenvalue weighted by atomic mass is 32.2. The van der Waals surface area contributed by atoms with Crippen LogP contribution in [-0.4, -0.2) is 51.0 Å². The highest BCUT2D eigenvalue weighted by Crippen LogP contribution is 2.30. The van der Waals surface area contributed by atoms with Crippen LogP contribution in [0.25, 0.3) is 10.8 Å². The van der Waals surface area contributed by atoms with Crippen LogP contribution in [0.15, 0.2) is 65.8 Å². The van der Waals surface area contributed by atoms with E-state index in [0.29, 0.717) is 29.9 Å². The molecule has 0 radical (unpaired) electrons. The van der Waals surface area contributed by atoms with Crippen molar-refractivity contribution in [2.24, 2.45) is 0 Å². The van der Waals surface area contributed by atoms with Crippen LogP contribution in [-0.2, 0) is 10.0 Å². The monoisotopic (exact) mass is 397 g/mol. The van der Waals surface area contributed by atoms with Gasteiger partial charge in [-0.15, -0.1) is 0 Å². The zero-order valence-corrected chi connectivity index (χ0v) is 16.6. The summed E-state index contributed by atoms with van der Waals surface area (Å²) >= 11 is 0. The van der Waals surface area contributed by atoms with E-state index in [1.807, 2.05) is 30.3 Å². The number of hydrogen-bond donors (Lipinski definition) is 0. The smallest absolute Gasteiger partial charge is 0.243 e. The predicted molar refractivity (Wildman–Crippen MR) is 110 cm³/mol. The molecule has 146 valence electrons. The number of anilines is 1. The Morgan fingerprint density at radius 3 is 2.68 bits per heavy atom. The highest BCUT2D eigenvalue weighted by Gasteiger charge is 2.28. The summed E-state index contributed by atoms with van der Waals surface area (Å²) in [5, 5.41) is 1.54. The summed E-state index contributed by atoms with van der Waals surface area (Å²) in [5.74, 6) is 0.806. The Morgan fingerprint density at radius 1 is 0.964 bits per heavy atom. The molecule has 0 saturated carbocycles. The average Bonchev–Trinajstić information content (AvgIpc) is 3.00. The van der Waals surface area contributed by atoms with Gasteiger partial charge in [-0.2, -0.15) is 4.31 Å². The van der Waals surface area contributed by atoms with E-state index in [1.54, 1.807) is 42.0 Å². The molecule has 1 saturated heterocycles. The summed E-state index contributed by atoms with van der Waals surface area (Å²) in [6, 6.07) is 15.0. The van der Waals surface area contributed by atoms with Crippen LogP contribution in [0.3, 0.4) is 0 Å². The van der Waals surface area contributed by atoms with Gasteiger partial charge in [0.15, 0.2) is 0 Å². The van der Waals surface area contributed by atoms with Gasteiger partial charge in [0.05, 0.1) is 17.7 Å². The second-order valence-electron chi connectivity index (χ2n) is 6.77. The summed E-state index contributed by atoms with van der Waals surface area (Å²) in [5.41, 5.74) is 1.00. The molecule has 1 aliphatic rings. The molecule has 1 aromatic heterocycles. The number of sulfonamides is 1. The largest absolute Gasteiger partial charge is 0.495 e. The second kappa shape index (κ2) is 7.77. The lowest BCUT2D eigenvalue weighted by molar-refractivity contribution is 0.414. The molecule has 3 aromatic rings. The number of benzene rings is 2. The van der Waals surface area contributed by atoms with E-state index < -0.39 is 10.0 Å². The van der Waals surface area contributed by atoms with Crippen LogP contribution in [0.5, 0.6) is 5.75 Å². The van der Waals surface area contributed by atoms with E-state index in [1.165, 1.54) is 0 Å². The third-order valence-corrected chi connectivity index (χ3v) is 7.10. The molecule has 6 nitrogen and oxygen atoms in total. The van der Waals surface area contributed by atoms with Gasteiger partial charge in [-0.25, -0.2) is 8.42 Å². The number of aromatic nitrogens is 1. The van der Waals surface area contributed by atoms with Crippen LogP contribution in [0.4, 0.5) is 5.69 Å². The molecule has 2 aromatic carbocycles. The molecule has 0 unspecified atom stereocenters. The summed E-state index contributed by atoms with van der Waals surface area (Å²) in [6.45, 7) is 2.33. The zero-order chi connectivity index (χ0) is 19.6. The maximum atomic E-state index is 13.4. The van der Waals surface area contributed by atoms with Crippen molar-refractivity contribution in [1.29, 1.82) is 0 Å². The third kappa shape index (κ3) is 3.43. The van der Waals surface area contributed by atoms with Gasteiger partial charge in [0, 0.05) is 49.3 Å². The average molecular weight is 398 g/mol. The fourth-order valence-electron chi connectivity index (χ4n) is 3.72. The molecule has 2 heterocycles. The van der Waals surface area contributed by atoms with Crippen molar-refractivity contribution in [3.63, 3.8) is 0 Å². The van der Waals surface area contributed by atoms with Crippen LogP contribution in [0.1, 0.15) is 6.42 Å². The van der Waals surface area contributed by atoms with E-state index in [-0.39, 0.29) is 0 Å². The molecular weight excluding hydrogens is 374 g/mol. The minimum Gasteiger partial charge on any atom is -0.495 e. The Morgan fingerprint density at radius 2 is 1.82 bits per heavy atom. The molecule has 1 aliphatic heterocycles. The normalized spacial score (nSPS) is 16.1. The first-order valence-corrected chi connectivity index (χ1v) is 10.8. The fraction of sp³-hybridized carbons (Fsp3) is 0.286. The highest BCUT2D eigenvalue weighted by molar-refractivity contribution is 7.89. The van der Waals surface area contributed by atoms with Gasteiger partial charge in [0.2, 0.25) is 10.0 Å². The van der Waals surface area contributed by atoms with Gasteiger partial charge in [-0.05, 0) is 30.7 Å². The number of fused-ring (bicyclic) bond motifs is 1. The van der Waals surface area contributed by atoms with Crippen LogP contribution in [0.2, 0.25) is 0 Å². The lowest BCUT2D eigenvalue weighted by Crippen LogP contribution is -2.35. The zero-order valence-electron chi connectivity index (χ0n) is 15.8. The summed E-state index contributed by atoms with van der Waals surface area (Å²) in [6.07, 6.45) is 4.08. The molecule has 0 aliphatic carbocycles. The summed E-state index contributed by atoms with van der Waals surface area (Å²) in [4.78, 5) is 6.64. The number of nitrogens with zero attached hydrogens (tertiary/aromatic N) is 3. The number of pyridine rings is 1. The van der Waals surface area contributed by atoms with E-state index in [9.17, 15) is 8.42 Å². The third-order valence-electron chi connectivity index (χ3n) is 5.14. The first-order chi connectivity index (χ1) is 13.6. The topological polar surface area (TPSA) is 62.7 Å². The standard InChI is InChI=1S/C21H23N3O3S/c1-27-20-8-3-2-7-19(20)23-12-5-13-24(15-14-23)28(25,26)21-9-4-6-17-16-22-11-10-18(17)21/h2-4,6-11,16H,5,12-15H2,1H3. The number of rotatable bonds is 4. The molecule has 4 rings (SSSR count). The van der Waals surface area contributed by atoms with Gasteiger partial charge >= 0.3 is 0 Å². The van der Waals surface area contributed by atoms with Gasteiger partial charge in [0.1, 0.15) is 5.75 Å². The maximum Gasteiger partial charge on any atom is 0.243 e. The minimum atomic E-state index is -3.59. The van der Waals surface area contributed by atoms with Crippen molar-refractivity contribution < 1.29 is 13.2 Å². The minimum absolute atomic E-state index is 0.346. The lowest BCUT2D eigenvalue weighted by Gasteiger charge is -2.25. The van der Waals surface area contributed by atoms with Gasteiger partial charge < -0.3 is 9.64 Å². The predicted octanol–water partition coefficient (Wildman–Crippen LogP) is 3.14. The Labute approximate surface area is 165 Å². The van der Waals surface area contributed by atoms with Gasteiger partial charge in [-0.3, -0.25) is 4.98 Å². The van der Waals surface area contributed by atoms with E-state index >= 15 is 0 Å². The Hall–Kier alpha value is -2.64. The first-order valence-electron chi connectivity index (χ1n) is 9.32. The Balaban J connectivity index is 1.62. The molecule has 0 bridgehead atoms.